The van der Waals surface area contributed by atoms with Crippen molar-refractivity contribution in [3.05, 3.63) is 65.2 Å². The van der Waals surface area contributed by atoms with Gasteiger partial charge < -0.3 is 14.6 Å². The number of nitrogens with zero attached hydrogens (tertiary/aromatic N) is 6. The molecule has 2 aliphatic rings. The van der Waals surface area contributed by atoms with Gasteiger partial charge in [-0.05, 0) is 24.6 Å². The summed E-state index contributed by atoms with van der Waals surface area (Å²) in [6, 6.07) is 6.89. The number of fused-ring (bicyclic) bond motifs is 2. The molecule has 11 heteroatoms. The summed E-state index contributed by atoms with van der Waals surface area (Å²) < 4.78 is 30.2. The first kappa shape index (κ1) is 20.9. The minimum absolute atomic E-state index is 0.106. The molecule has 0 aliphatic carbocycles. The summed E-state index contributed by atoms with van der Waals surface area (Å²) in [5.74, 6) is -2.37. The van der Waals surface area contributed by atoms with Gasteiger partial charge in [-0.25, -0.2) is 28.7 Å². The number of carbonyl (C=O) groups excluding carboxylic acids is 1. The summed E-state index contributed by atoms with van der Waals surface area (Å²) in [4.78, 5) is 32.7. The fraction of sp³-hybridized carbons (Fsp3) is 0.261. The molecular weight excluding hydrogens is 464 g/mol. The zero-order chi connectivity index (χ0) is 23.7. The van der Waals surface area contributed by atoms with Crippen LogP contribution in [0.1, 0.15) is 24.5 Å². The van der Waals surface area contributed by atoms with Gasteiger partial charge in [0.2, 0.25) is 5.91 Å². The number of rotatable bonds is 3. The van der Waals surface area contributed by atoms with Crippen LogP contribution < -0.4 is 10.2 Å². The second-order valence-corrected chi connectivity index (χ2v) is 9.11. The van der Waals surface area contributed by atoms with Crippen molar-refractivity contribution in [2.24, 2.45) is 0 Å². The number of alkyl halides is 2. The number of anilines is 2. The molecule has 0 bridgehead atoms. The maximum atomic E-state index is 14.2. The normalized spacial score (nSPS) is 21.2. The van der Waals surface area contributed by atoms with Gasteiger partial charge >= 0.3 is 0 Å². The monoisotopic (exact) mass is 481 g/mol. The number of halogens is 3. The lowest BCUT2D eigenvalue weighted by atomic mass is 9.77. The van der Waals surface area contributed by atoms with Crippen molar-refractivity contribution < 1.29 is 13.6 Å². The topological polar surface area (TPSA) is 88.3 Å². The van der Waals surface area contributed by atoms with E-state index in [2.05, 4.69) is 20.3 Å². The van der Waals surface area contributed by atoms with E-state index < -0.39 is 17.9 Å². The van der Waals surface area contributed by atoms with Crippen LogP contribution in [-0.2, 0) is 10.2 Å². The number of imidazole rings is 1. The number of hydrogen-bond donors (Lipinski definition) is 1. The van der Waals surface area contributed by atoms with Crippen molar-refractivity contribution in [1.82, 2.24) is 24.3 Å². The van der Waals surface area contributed by atoms with Gasteiger partial charge in [0.25, 0.3) is 5.92 Å². The van der Waals surface area contributed by atoms with Gasteiger partial charge in [-0.1, -0.05) is 23.7 Å². The molecule has 2 aliphatic heterocycles. The molecule has 1 saturated heterocycles. The van der Waals surface area contributed by atoms with E-state index >= 15 is 0 Å². The van der Waals surface area contributed by atoms with E-state index in [1.165, 1.54) is 4.90 Å². The SMILES string of the molecule is CC1(c2ccc(Cl)cc2)C(=O)Nc2nc(-c3cn4ccnc4cn3)nc(N3CCC(F)(F)C3)c21. The lowest BCUT2D eigenvalue weighted by Gasteiger charge is -2.28. The van der Waals surface area contributed by atoms with Gasteiger partial charge in [-0.2, -0.15) is 0 Å². The van der Waals surface area contributed by atoms with Gasteiger partial charge in [0.05, 0.1) is 18.3 Å². The van der Waals surface area contributed by atoms with Crippen LogP contribution in [0.5, 0.6) is 0 Å². The van der Waals surface area contributed by atoms with Crippen molar-refractivity contribution in [2.75, 3.05) is 23.3 Å². The fourth-order valence-electron chi connectivity index (χ4n) is 4.61. The van der Waals surface area contributed by atoms with Crippen LogP contribution in [0.2, 0.25) is 5.02 Å². The summed E-state index contributed by atoms with van der Waals surface area (Å²) >= 11 is 6.06. The molecule has 1 amide bonds. The van der Waals surface area contributed by atoms with E-state index in [-0.39, 0.29) is 30.5 Å². The van der Waals surface area contributed by atoms with Crippen molar-refractivity contribution in [2.45, 2.75) is 24.7 Å². The van der Waals surface area contributed by atoms with Gasteiger partial charge in [0.1, 0.15) is 22.7 Å². The van der Waals surface area contributed by atoms with Crippen molar-refractivity contribution in [3.8, 4) is 11.5 Å². The first-order valence-electron chi connectivity index (χ1n) is 10.7. The maximum Gasteiger partial charge on any atom is 0.266 e. The van der Waals surface area contributed by atoms with Crippen LogP contribution in [0.4, 0.5) is 20.4 Å². The van der Waals surface area contributed by atoms with Crippen molar-refractivity contribution in [3.63, 3.8) is 0 Å². The number of hydrogen-bond acceptors (Lipinski definition) is 6. The molecule has 0 radical (unpaired) electrons. The second kappa shape index (κ2) is 7.17. The quantitative estimate of drug-likeness (QED) is 0.477. The Bertz CT molecular complexity index is 1460. The number of aromatic nitrogens is 5. The Labute approximate surface area is 197 Å². The Morgan fingerprint density at radius 2 is 1.94 bits per heavy atom. The molecule has 1 N–H and O–H groups in total. The highest BCUT2D eigenvalue weighted by atomic mass is 35.5. The molecule has 8 nitrogen and oxygen atoms in total. The molecule has 34 heavy (non-hydrogen) atoms. The Morgan fingerprint density at radius 1 is 1.15 bits per heavy atom. The first-order valence-corrected chi connectivity index (χ1v) is 11.0. The van der Waals surface area contributed by atoms with E-state index in [0.29, 0.717) is 33.3 Å². The largest absolute Gasteiger partial charge is 0.350 e. The molecule has 0 saturated carbocycles. The van der Waals surface area contributed by atoms with Gasteiger partial charge in [0.15, 0.2) is 11.5 Å². The van der Waals surface area contributed by atoms with Gasteiger partial charge in [0, 0.05) is 36.6 Å². The lowest BCUT2D eigenvalue weighted by Crippen LogP contribution is -2.35. The summed E-state index contributed by atoms with van der Waals surface area (Å²) in [7, 11) is 0. The van der Waals surface area contributed by atoms with Gasteiger partial charge in [-0.15, -0.1) is 0 Å². The highest BCUT2D eigenvalue weighted by Gasteiger charge is 2.50. The number of carbonyl (C=O) groups is 1. The third-order valence-corrected chi connectivity index (χ3v) is 6.73. The minimum atomic E-state index is -2.85. The molecular formula is C23H18ClF2N7O. The van der Waals surface area contributed by atoms with Crippen molar-refractivity contribution >= 4 is 34.8 Å². The predicted octanol–water partition coefficient (Wildman–Crippen LogP) is 3.94. The van der Waals surface area contributed by atoms with Crippen LogP contribution >= 0.6 is 11.6 Å². The van der Waals surface area contributed by atoms with Crippen LogP contribution in [0.25, 0.3) is 17.2 Å². The Morgan fingerprint density at radius 3 is 2.68 bits per heavy atom. The molecule has 3 aromatic heterocycles. The summed E-state index contributed by atoms with van der Waals surface area (Å²) in [6.07, 6.45) is 6.39. The third kappa shape index (κ3) is 3.12. The Kier molecular flexibility index (Phi) is 4.41. The van der Waals surface area contributed by atoms with E-state index in [4.69, 9.17) is 16.6 Å². The Balaban J connectivity index is 1.57. The summed E-state index contributed by atoms with van der Waals surface area (Å²) in [5.41, 5.74) is 1.01. The van der Waals surface area contributed by atoms with Crippen LogP contribution in [0, 0.1) is 0 Å². The molecule has 5 heterocycles. The summed E-state index contributed by atoms with van der Waals surface area (Å²) in [5, 5.41) is 3.37. The van der Waals surface area contributed by atoms with E-state index in [1.807, 2.05) is 0 Å². The average molecular weight is 482 g/mol. The first-order chi connectivity index (χ1) is 16.2. The van der Waals surface area contributed by atoms with Crippen molar-refractivity contribution in [1.29, 1.82) is 0 Å². The molecule has 6 rings (SSSR count). The predicted molar refractivity (Wildman–Crippen MR) is 122 cm³/mol. The smallest absolute Gasteiger partial charge is 0.266 e. The molecule has 1 atom stereocenters. The van der Waals surface area contributed by atoms with E-state index in [1.54, 1.807) is 60.4 Å². The second-order valence-electron chi connectivity index (χ2n) is 8.67. The average Bonchev–Trinajstić information content (AvgIpc) is 3.49. The zero-order valence-electron chi connectivity index (χ0n) is 18.0. The Hall–Kier alpha value is -3.66. The molecule has 172 valence electrons. The summed E-state index contributed by atoms with van der Waals surface area (Å²) in [6.45, 7) is 1.36. The molecule has 1 fully saturated rings. The third-order valence-electron chi connectivity index (χ3n) is 6.47. The maximum absolute atomic E-state index is 14.2. The van der Waals surface area contributed by atoms with Gasteiger partial charge in [-0.3, -0.25) is 4.79 Å². The standard InChI is InChI=1S/C23H18ClF2N7O/c1-22(13-2-4-14(24)5-3-13)17-19(31-21(22)34)29-18(15-11-32-9-7-27-16(32)10-28-15)30-20(17)33-8-6-23(25,26)12-33/h2-5,7,9-11H,6,8,12H2,1H3,(H,29,30,31,34). The van der Waals surface area contributed by atoms with Crippen LogP contribution in [0.15, 0.2) is 49.1 Å². The molecule has 4 aromatic rings. The van der Waals surface area contributed by atoms with E-state index in [0.717, 1.165) is 0 Å². The zero-order valence-corrected chi connectivity index (χ0v) is 18.7. The minimum Gasteiger partial charge on any atom is -0.350 e. The fourth-order valence-corrected chi connectivity index (χ4v) is 4.73. The van der Waals surface area contributed by atoms with Crippen LogP contribution in [-0.4, -0.2) is 49.3 Å². The molecule has 1 aromatic carbocycles. The number of nitrogens with one attached hydrogen (secondary N) is 1. The lowest BCUT2D eigenvalue weighted by molar-refractivity contribution is -0.119. The molecule has 1 unspecified atom stereocenters. The highest BCUT2D eigenvalue weighted by Crippen LogP contribution is 2.48. The highest BCUT2D eigenvalue weighted by molar-refractivity contribution is 6.30. The molecule has 0 spiro atoms. The van der Waals surface area contributed by atoms with Crippen LogP contribution in [0.3, 0.4) is 0 Å². The number of benzene rings is 1. The number of amides is 1. The van der Waals surface area contributed by atoms with E-state index in [9.17, 15) is 13.6 Å².